The van der Waals surface area contributed by atoms with E-state index >= 15 is 0 Å². The molecular formula is C16H12BrF2NO4. The second-order valence-corrected chi connectivity index (χ2v) is 5.45. The molecule has 0 unspecified atom stereocenters. The number of carbonyl (C=O) groups is 2. The van der Waals surface area contributed by atoms with Gasteiger partial charge in [-0.3, -0.25) is 4.79 Å². The largest absolute Gasteiger partial charge is 0.483 e. The van der Waals surface area contributed by atoms with Gasteiger partial charge in [0.15, 0.2) is 6.61 Å². The maximum Gasteiger partial charge on any atom is 0.337 e. The highest BCUT2D eigenvalue weighted by molar-refractivity contribution is 9.10. The number of nitrogens with one attached hydrogen (secondary N) is 1. The molecule has 126 valence electrons. The standard InChI is InChI=1S/C16H12BrF2NO4/c1-23-16(22)9-2-5-14(11(17)6-9)24-8-15(21)20-13-4-3-10(18)7-12(13)19/h2-7H,8H2,1H3,(H,20,21). The molecule has 0 aliphatic heterocycles. The smallest absolute Gasteiger partial charge is 0.337 e. The summed E-state index contributed by atoms with van der Waals surface area (Å²) in [4.78, 5) is 23.2. The average Bonchev–Trinajstić information content (AvgIpc) is 2.55. The summed E-state index contributed by atoms with van der Waals surface area (Å²) in [5.74, 6) is -2.43. The molecule has 2 aromatic carbocycles. The summed E-state index contributed by atoms with van der Waals surface area (Å²) in [6, 6.07) is 7.26. The van der Waals surface area contributed by atoms with Crippen LogP contribution in [0, 0.1) is 11.6 Å². The first-order chi connectivity index (χ1) is 11.4. The molecule has 0 aliphatic carbocycles. The first kappa shape index (κ1) is 17.9. The number of benzene rings is 2. The fraction of sp³-hybridized carbons (Fsp3) is 0.125. The summed E-state index contributed by atoms with van der Waals surface area (Å²) in [5, 5.41) is 2.27. The Labute approximate surface area is 144 Å². The van der Waals surface area contributed by atoms with Crippen LogP contribution in [0.25, 0.3) is 0 Å². The van der Waals surface area contributed by atoms with Crippen molar-refractivity contribution >= 4 is 33.5 Å². The number of halogens is 3. The number of anilines is 1. The predicted octanol–water partition coefficient (Wildman–Crippen LogP) is 3.53. The highest BCUT2D eigenvalue weighted by Crippen LogP contribution is 2.26. The molecule has 0 saturated heterocycles. The van der Waals surface area contributed by atoms with E-state index < -0.39 is 30.1 Å². The van der Waals surface area contributed by atoms with Crippen LogP contribution in [-0.2, 0) is 9.53 Å². The van der Waals surface area contributed by atoms with Crippen molar-refractivity contribution in [3.8, 4) is 5.75 Å². The Bertz CT molecular complexity index is 783. The van der Waals surface area contributed by atoms with Crippen LogP contribution in [-0.4, -0.2) is 25.6 Å². The van der Waals surface area contributed by atoms with Gasteiger partial charge in [-0.05, 0) is 46.3 Å². The minimum Gasteiger partial charge on any atom is -0.483 e. The lowest BCUT2D eigenvalue weighted by molar-refractivity contribution is -0.118. The summed E-state index contributed by atoms with van der Waals surface area (Å²) in [6.45, 7) is -0.396. The Morgan fingerprint density at radius 3 is 2.54 bits per heavy atom. The molecule has 5 nitrogen and oxygen atoms in total. The second-order valence-electron chi connectivity index (χ2n) is 4.60. The van der Waals surface area contributed by atoms with Gasteiger partial charge >= 0.3 is 5.97 Å². The second kappa shape index (κ2) is 7.87. The van der Waals surface area contributed by atoms with Gasteiger partial charge in [0.25, 0.3) is 5.91 Å². The van der Waals surface area contributed by atoms with Gasteiger partial charge in [0.2, 0.25) is 0 Å². The van der Waals surface area contributed by atoms with Gasteiger partial charge in [-0.15, -0.1) is 0 Å². The maximum atomic E-state index is 13.4. The summed E-state index contributed by atoms with van der Waals surface area (Å²) >= 11 is 3.22. The van der Waals surface area contributed by atoms with E-state index in [1.807, 2.05) is 0 Å². The van der Waals surface area contributed by atoms with Gasteiger partial charge in [-0.2, -0.15) is 0 Å². The zero-order valence-corrected chi connectivity index (χ0v) is 14.0. The Hall–Kier alpha value is -2.48. The van der Waals surface area contributed by atoms with E-state index in [2.05, 4.69) is 26.0 Å². The van der Waals surface area contributed by atoms with Gasteiger partial charge in [0.1, 0.15) is 17.4 Å². The number of hydrogen-bond donors (Lipinski definition) is 1. The lowest BCUT2D eigenvalue weighted by atomic mass is 10.2. The summed E-state index contributed by atoms with van der Waals surface area (Å²) in [5.41, 5.74) is 0.166. The quantitative estimate of drug-likeness (QED) is 0.781. The molecule has 2 rings (SSSR count). The highest BCUT2D eigenvalue weighted by Gasteiger charge is 2.12. The van der Waals surface area contributed by atoms with Gasteiger partial charge in [0, 0.05) is 6.07 Å². The number of esters is 1. The fourth-order valence-electron chi connectivity index (χ4n) is 1.78. The minimum absolute atomic E-state index is 0.148. The third kappa shape index (κ3) is 4.51. The molecule has 0 fully saturated rings. The van der Waals surface area contributed by atoms with E-state index in [0.717, 1.165) is 12.1 Å². The van der Waals surface area contributed by atoms with Gasteiger partial charge in [0.05, 0.1) is 22.8 Å². The van der Waals surface area contributed by atoms with Gasteiger partial charge in [-0.25, -0.2) is 13.6 Å². The Kier molecular flexibility index (Phi) is 5.86. The Morgan fingerprint density at radius 2 is 1.92 bits per heavy atom. The van der Waals surface area contributed by atoms with Crippen molar-refractivity contribution in [2.75, 3.05) is 19.0 Å². The van der Waals surface area contributed by atoms with Crippen molar-refractivity contribution in [3.05, 3.63) is 58.1 Å². The molecular weight excluding hydrogens is 388 g/mol. The molecule has 24 heavy (non-hydrogen) atoms. The van der Waals surface area contributed by atoms with Crippen LogP contribution in [0.5, 0.6) is 5.75 Å². The number of ether oxygens (including phenoxy) is 2. The minimum atomic E-state index is -0.882. The van der Waals surface area contributed by atoms with Crippen molar-refractivity contribution in [2.45, 2.75) is 0 Å². The molecule has 0 spiro atoms. The molecule has 0 aliphatic rings. The topological polar surface area (TPSA) is 64.6 Å². The van der Waals surface area contributed by atoms with E-state index in [0.29, 0.717) is 21.9 Å². The van der Waals surface area contributed by atoms with Gasteiger partial charge in [-0.1, -0.05) is 0 Å². The molecule has 0 heterocycles. The zero-order chi connectivity index (χ0) is 17.7. The lowest BCUT2D eigenvalue weighted by Gasteiger charge is -2.10. The van der Waals surface area contributed by atoms with Crippen LogP contribution in [0.3, 0.4) is 0 Å². The van der Waals surface area contributed by atoms with E-state index in [9.17, 15) is 18.4 Å². The monoisotopic (exact) mass is 399 g/mol. The molecule has 8 heteroatoms. The maximum absolute atomic E-state index is 13.4. The zero-order valence-electron chi connectivity index (χ0n) is 12.4. The Balaban J connectivity index is 1.97. The van der Waals surface area contributed by atoms with E-state index in [1.54, 1.807) is 0 Å². The van der Waals surface area contributed by atoms with Crippen molar-refractivity contribution in [2.24, 2.45) is 0 Å². The van der Waals surface area contributed by atoms with Crippen molar-refractivity contribution in [1.82, 2.24) is 0 Å². The highest BCUT2D eigenvalue weighted by atomic mass is 79.9. The molecule has 1 N–H and O–H groups in total. The lowest BCUT2D eigenvalue weighted by Crippen LogP contribution is -2.21. The molecule has 1 amide bonds. The van der Waals surface area contributed by atoms with Crippen LogP contribution in [0.1, 0.15) is 10.4 Å². The number of hydrogen-bond acceptors (Lipinski definition) is 4. The predicted molar refractivity (Wildman–Crippen MR) is 86.0 cm³/mol. The van der Waals surface area contributed by atoms with Crippen LogP contribution < -0.4 is 10.1 Å². The van der Waals surface area contributed by atoms with Crippen LogP contribution in [0.4, 0.5) is 14.5 Å². The third-order valence-corrected chi connectivity index (χ3v) is 3.54. The molecule has 0 atom stereocenters. The number of rotatable bonds is 5. The van der Waals surface area contributed by atoms with E-state index in [-0.39, 0.29) is 5.69 Å². The molecule has 0 aromatic heterocycles. The van der Waals surface area contributed by atoms with E-state index in [4.69, 9.17) is 4.74 Å². The van der Waals surface area contributed by atoms with Crippen molar-refractivity contribution in [1.29, 1.82) is 0 Å². The SMILES string of the molecule is COC(=O)c1ccc(OCC(=O)Nc2ccc(F)cc2F)c(Br)c1. The van der Waals surface area contributed by atoms with Crippen LogP contribution in [0.2, 0.25) is 0 Å². The average molecular weight is 400 g/mol. The third-order valence-electron chi connectivity index (χ3n) is 2.92. The molecule has 0 bridgehead atoms. The van der Waals surface area contributed by atoms with Crippen molar-refractivity contribution < 1.29 is 27.8 Å². The summed E-state index contributed by atoms with van der Waals surface area (Å²) in [7, 11) is 1.26. The normalized spacial score (nSPS) is 10.2. The number of carbonyl (C=O) groups excluding carboxylic acids is 2. The van der Waals surface area contributed by atoms with E-state index in [1.165, 1.54) is 25.3 Å². The molecule has 0 saturated carbocycles. The number of methoxy groups -OCH3 is 1. The fourth-order valence-corrected chi connectivity index (χ4v) is 2.28. The van der Waals surface area contributed by atoms with Crippen molar-refractivity contribution in [3.63, 3.8) is 0 Å². The van der Waals surface area contributed by atoms with Crippen LogP contribution >= 0.6 is 15.9 Å². The Morgan fingerprint density at radius 1 is 1.17 bits per heavy atom. The molecule has 2 aromatic rings. The van der Waals surface area contributed by atoms with Gasteiger partial charge < -0.3 is 14.8 Å². The summed E-state index contributed by atoms with van der Waals surface area (Å²) in [6.07, 6.45) is 0. The molecule has 0 radical (unpaired) electrons. The first-order valence-corrected chi connectivity index (χ1v) is 7.45. The van der Waals surface area contributed by atoms with Crippen LogP contribution in [0.15, 0.2) is 40.9 Å². The summed E-state index contributed by atoms with van der Waals surface area (Å²) < 4.78 is 36.6. The first-order valence-electron chi connectivity index (χ1n) is 6.66. The number of amides is 1.